The molecule has 0 aliphatic carbocycles. The Kier molecular flexibility index (Phi) is 5.80. The molecule has 2 aromatic heterocycles. The topological polar surface area (TPSA) is 69.0 Å². The molecule has 1 amide bonds. The van der Waals surface area contributed by atoms with Crippen molar-refractivity contribution in [2.24, 2.45) is 0 Å². The van der Waals surface area contributed by atoms with Crippen molar-refractivity contribution in [1.29, 1.82) is 0 Å². The summed E-state index contributed by atoms with van der Waals surface area (Å²) in [4.78, 5) is 17.6. The van der Waals surface area contributed by atoms with E-state index in [1.54, 1.807) is 24.2 Å². The summed E-state index contributed by atoms with van der Waals surface area (Å²) in [6.45, 7) is 3.95. The fraction of sp³-hybridized carbons (Fsp3) is 0.160. The monoisotopic (exact) mass is 412 g/mol. The third-order valence-corrected chi connectivity index (χ3v) is 5.08. The molecule has 0 saturated carbocycles. The molecule has 1 atom stereocenters. The molecule has 4 rings (SSSR count). The van der Waals surface area contributed by atoms with Crippen molar-refractivity contribution in [3.8, 4) is 22.7 Å². The Morgan fingerprint density at radius 2 is 1.87 bits per heavy atom. The van der Waals surface area contributed by atoms with Gasteiger partial charge < -0.3 is 10.1 Å². The molecule has 0 radical (unpaired) electrons. The normalized spacial score (nSPS) is 11.7. The molecule has 0 aliphatic rings. The van der Waals surface area contributed by atoms with E-state index in [1.807, 2.05) is 80.6 Å². The number of amides is 1. The molecule has 2 aromatic carbocycles. The number of pyridine rings is 1. The fourth-order valence-electron chi connectivity index (χ4n) is 3.33. The van der Waals surface area contributed by atoms with Gasteiger partial charge in [-0.25, -0.2) is 4.68 Å². The number of hydrogen-bond donors (Lipinski definition) is 1. The van der Waals surface area contributed by atoms with E-state index in [0.29, 0.717) is 17.0 Å². The zero-order valence-electron chi connectivity index (χ0n) is 17.7. The summed E-state index contributed by atoms with van der Waals surface area (Å²) in [5.41, 5.74) is 4.71. The number of ether oxygens (including phenoxy) is 1. The first kappa shape index (κ1) is 20.3. The average molecular weight is 412 g/mol. The van der Waals surface area contributed by atoms with Gasteiger partial charge in [-0.2, -0.15) is 5.10 Å². The first-order valence-electron chi connectivity index (χ1n) is 10.1. The van der Waals surface area contributed by atoms with E-state index in [9.17, 15) is 4.79 Å². The zero-order valence-corrected chi connectivity index (χ0v) is 17.7. The Bertz CT molecular complexity index is 1180. The molecule has 6 nitrogen and oxygen atoms in total. The van der Waals surface area contributed by atoms with Crippen molar-refractivity contribution in [3.63, 3.8) is 0 Å². The second-order valence-corrected chi connectivity index (χ2v) is 7.35. The van der Waals surface area contributed by atoms with Crippen LogP contribution in [0.5, 0.6) is 5.75 Å². The van der Waals surface area contributed by atoms with Crippen LogP contribution in [0.4, 0.5) is 0 Å². The summed E-state index contributed by atoms with van der Waals surface area (Å²) in [6.07, 6.45) is 3.48. The van der Waals surface area contributed by atoms with Crippen molar-refractivity contribution < 1.29 is 9.53 Å². The van der Waals surface area contributed by atoms with E-state index < -0.39 is 0 Å². The number of benzene rings is 2. The molecule has 2 heterocycles. The summed E-state index contributed by atoms with van der Waals surface area (Å²) >= 11 is 0. The van der Waals surface area contributed by atoms with Crippen LogP contribution in [0, 0.1) is 6.92 Å². The number of carbonyl (C=O) groups excluding carboxylic acids is 1. The lowest BCUT2D eigenvalue weighted by Crippen LogP contribution is -2.27. The fourth-order valence-corrected chi connectivity index (χ4v) is 3.33. The number of methoxy groups -OCH3 is 1. The Labute approximate surface area is 181 Å². The van der Waals surface area contributed by atoms with Crippen molar-refractivity contribution in [2.75, 3.05) is 7.11 Å². The lowest BCUT2D eigenvalue weighted by atomic mass is 10.1. The van der Waals surface area contributed by atoms with Crippen molar-refractivity contribution >= 4 is 5.91 Å². The Hall–Kier alpha value is -3.93. The highest BCUT2D eigenvalue weighted by atomic mass is 16.5. The standard InChI is InChI=1S/C25H24N4O2/c1-17-10-12-20(13-11-17)29-16-22(24(28-29)19-7-6-8-21(15-19)31-3)25(30)27-18(2)23-9-4-5-14-26-23/h4-16,18H,1-3H3,(H,27,30). The molecule has 0 bridgehead atoms. The second kappa shape index (κ2) is 8.83. The van der Waals surface area contributed by atoms with Gasteiger partial charge in [0, 0.05) is 18.0 Å². The molecule has 1 N–H and O–H groups in total. The smallest absolute Gasteiger partial charge is 0.255 e. The van der Waals surface area contributed by atoms with Crippen molar-refractivity contribution in [3.05, 3.63) is 95.9 Å². The van der Waals surface area contributed by atoms with Gasteiger partial charge in [0.25, 0.3) is 5.91 Å². The van der Waals surface area contributed by atoms with Gasteiger partial charge >= 0.3 is 0 Å². The number of rotatable bonds is 6. The van der Waals surface area contributed by atoms with Crippen LogP contribution < -0.4 is 10.1 Å². The number of aryl methyl sites for hydroxylation is 1. The van der Waals surface area contributed by atoms with Crippen LogP contribution in [-0.4, -0.2) is 27.8 Å². The summed E-state index contributed by atoms with van der Waals surface area (Å²) in [6, 6.07) is 21.0. The van der Waals surface area contributed by atoms with Gasteiger partial charge in [-0.15, -0.1) is 0 Å². The predicted octanol–water partition coefficient (Wildman–Crippen LogP) is 4.74. The first-order valence-corrected chi connectivity index (χ1v) is 10.1. The van der Waals surface area contributed by atoms with E-state index in [2.05, 4.69) is 10.3 Å². The molecule has 31 heavy (non-hydrogen) atoms. The van der Waals surface area contributed by atoms with Crippen LogP contribution in [0.15, 0.2) is 79.1 Å². The predicted molar refractivity (Wildman–Crippen MR) is 120 cm³/mol. The van der Waals surface area contributed by atoms with Crippen LogP contribution in [0.25, 0.3) is 16.9 Å². The maximum atomic E-state index is 13.3. The van der Waals surface area contributed by atoms with Crippen LogP contribution in [0.1, 0.15) is 34.6 Å². The number of hydrogen-bond acceptors (Lipinski definition) is 4. The largest absolute Gasteiger partial charge is 0.497 e. The van der Waals surface area contributed by atoms with Gasteiger partial charge in [0.05, 0.1) is 30.1 Å². The van der Waals surface area contributed by atoms with E-state index in [4.69, 9.17) is 9.84 Å². The minimum atomic E-state index is -0.241. The van der Waals surface area contributed by atoms with Gasteiger partial charge in [0.15, 0.2) is 0 Å². The van der Waals surface area contributed by atoms with Gasteiger partial charge in [-0.05, 0) is 50.2 Å². The highest BCUT2D eigenvalue weighted by Gasteiger charge is 2.21. The van der Waals surface area contributed by atoms with E-state index in [0.717, 1.165) is 22.5 Å². The minimum absolute atomic E-state index is 0.214. The van der Waals surface area contributed by atoms with Gasteiger partial charge in [0.2, 0.25) is 0 Å². The third-order valence-electron chi connectivity index (χ3n) is 5.08. The van der Waals surface area contributed by atoms with Crippen molar-refractivity contribution in [1.82, 2.24) is 20.1 Å². The summed E-state index contributed by atoms with van der Waals surface area (Å²) < 4.78 is 7.09. The SMILES string of the molecule is COc1cccc(-c2nn(-c3ccc(C)cc3)cc2C(=O)NC(C)c2ccccn2)c1. The molecule has 0 saturated heterocycles. The first-order chi connectivity index (χ1) is 15.0. The summed E-state index contributed by atoms with van der Waals surface area (Å²) in [5, 5.41) is 7.78. The summed E-state index contributed by atoms with van der Waals surface area (Å²) in [5.74, 6) is 0.491. The molecule has 4 aromatic rings. The highest BCUT2D eigenvalue weighted by molar-refractivity contribution is 6.00. The minimum Gasteiger partial charge on any atom is -0.497 e. The molecule has 1 unspecified atom stereocenters. The van der Waals surface area contributed by atoms with Gasteiger partial charge in [0.1, 0.15) is 11.4 Å². The van der Waals surface area contributed by atoms with E-state index in [-0.39, 0.29) is 11.9 Å². The average Bonchev–Trinajstić information content (AvgIpc) is 3.26. The molecular weight excluding hydrogens is 388 g/mol. The second-order valence-electron chi connectivity index (χ2n) is 7.35. The Morgan fingerprint density at radius 1 is 1.06 bits per heavy atom. The zero-order chi connectivity index (χ0) is 21.8. The highest BCUT2D eigenvalue weighted by Crippen LogP contribution is 2.27. The maximum absolute atomic E-state index is 13.3. The number of nitrogens with zero attached hydrogens (tertiary/aromatic N) is 3. The lowest BCUT2D eigenvalue weighted by Gasteiger charge is -2.13. The molecule has 6 heteroatoms. The lowest BCUT2D eigenvalue weighted by molar-refractivity contribution is 0.0939. The Balaban J connectivity index is 1.73. The number of aromatic nitrogens is 3. The molecule has 0 aliphatic heterocycles. The van der Waals surface area contributed by atoms with Gasteiger partial charge in [-0.3, -0.25) is 9.78 Å². The van der Waals surface area contributed by atoms with Crippen molar-refractivity contribution in [2.45, 2.75) is 19.9 Å². The summed E-state index contributed by atoms with van der Waals surface area (Å²) in [7, 11) is 1.62. The molecular formula is C25H24N4O2. The molecule has 156 valence electrons. The van der Waals surface area contributed by atoms with Crippen LogP contribution in [-0.2, 0) is 0 Å². The van der Waals surface area contributed by atoms with Crippen LogP contribution in [0.3, 0.4) is 0 Å². The van der Waals surface area contributed by atoms with E-state index >= 15 is 0 Å². The Morgan fingerprint density at radius 3 is 2.58 bits per heavy atom. The molecule has 0 spiro atoms. The quantitative estimate of drug-likeness (QED) is 0.497. The maximum Gasteiger partial charge on any atom is 0.255 e. The van der Waals surface area contributed by atoms with Crippen LogP contribution in [0.2, 0.25) is 0 Å². The van der Waals surface area contributed by atoms with E-state index in [1.165, 1.54) is 0 Å². The van der Waals surface area contributed by atoms with Gasteiger partial charge in [-0.1, -0.05) is 35.9 Å². The van der Waals surface area contributed by atoms with Crippen LogP contribution >= 0.6 is 0 Å². The number of carbonyl (C=O) groups is 1. The molecule has 0 fully saturated rings. The number of nitrogens with one attached hydrogen (secondary N) is 1. The third kappa shape index (κ3) is 4.48.